The Morgan fingerprint density at radius 1 is 0.828 bits per heavy atom. The zero-order chi connectivity index (χ0) is 20.9. The third-order valence-electron chi connectivity index (χ3n) is 4.88. The number of methoxy groups -OCH3 is 1. The number of rotatable bonds is 8. The summed E-state index contributed by atoms with van der Waals surface area (Å²) in [6, 6.07) is 24.7. The minimum absolute atomic E-state index is 0.207. The Bertz CT molecular complexity index is 991. The molecule has 0 saturated carbocycles. The molecule has 4 nitrogen and oxygen atoms in total. The number of benzene rings is 3. The lowest BCUT2D eigenvalue weighted by Crippen LogP contribution is -2.30. The van der Waals surface area contributed by atoms with Crippen molar-refractivity contribution in [3.63, 3.8) is 0 Å². The van der Waals surface area contributed by atoms with E-state index in [1.807, 2.05) is 80.6 Å². The average Bonchev–Trinajstić information content (AvgIpc) is 2.74. The predicted molar refractivity (Wildman–Crippen MR) is 116 cm³/mol. The highest BCUT2D eigenvalue weighted by Gasteiger charge is 2.29. The van der Waals surface area contributed by atoms with Crippen molar-refractivity contribution in [2.45, 2.75) is 37.8 Å². The number of nitrogens with zero attached hydrogens (tertiary/aromatic N) is 1. The van der Waals surface area contributed by atoms with E-state index in [2.05, 4.69) is 0 Å². The average molecular weight is 410 g/mol. The van der Waals surface area contributed by atoms with Crippen LogP contribution in [0.15, 0.2) is 83.8 Å². The Kier molecular flexibility index (Phi) is 6.72. The summed E-state index contributed by atoms with van der Waals surface area (Å²) in [6.45, 7) is 4.66. The Morgan fingerprint density at radius 3 is 1.79 bits per heavy atom. The number of sulfonamides is 1. The number of ether oxygens (including phenoxy) is 1. The maximum Gasteiger partial charge on any atom is 0.247 e. The van der Waals surface area contributed by atoms with Gasteiger partial charge in [-0.25, -0.2) is 8.42 Å². The third-order valence-corrected chi connectivity index (χ3v) is 6.69. The third kappa shape index (κ3) is 5.05. The van der Waals surface area contributed by atoms with Crippen molar-refractivity contribution in [1.82, 2.24) is 4.31 Å². The van der Waals surface area contributed by atoms with Gasteiger partial charge in [-0.05, 0) is 34.7 Å². The molecule has 0 N–H and O–H groups in total. The monoisotopic (exact) mass is 409 g/mol. The maximum absolute atomic E-state index is 13.7. The zero-order valence-electron chi connectivity index (χ0n) is 17.1. The van der Waals surface area contributed by atoms with E-state index in [0.717, 1.165) is 16.7 Å². The van der Waals surface area contributed by atoms with Crippen LogP contribution in [0, 0.1) is 0 Å². The van der Waals surface area contributed by atoms with E-state index in [1.54, 1.807) is 12.1 Å². The molecule has 0 saturated heterocycles. The van der Waals surface area contributed by atoms with Crippen LogP contribution in [-0.2, 0) is 23.1 Å². The van der Waals surface area contributed by atoms with Gasteiger partial charge in [0.25, 0.3) is 0 Å². The molecular weight excluding hydrogens is 382 g/mol. The standard InChI is InChI=1S/C24H27NO3S/c1-19(2)22-14-15-23(28-3)24(16-22)29(26,27)25(17-20-10-6-4-7-11-20)18-21-12-8-5-9-13-21/h4-16,19H,17-18H2,1-3H3. The molecule has 0 aliphatic rings. The van der Waals surface area contributed by atoms with Crippen LogP contribution in [0.3, 0.4) is 0 Å². The lowest BCUT2D eigenvalue weighted by atomic mass is 10.0. The first-order chi connectivity index (χ1) is 13.9. The van der Waals surface area contributed by atoms with E-state index in [9.17, 15) is 8.42 Å². The second-order valence-electron chi connectivity index (χ2n) is 7.31. The van der Waals surface area contributed by atoms with Crippen molar-refractivity contribution in [3.05, 3.63) is 95.6 Å². The van der Waals surface area contributed by atoms with Crippen molar-refractivity contribution < 1.29 is 13.2 Å². The number of hydrogen-bond donors (Lipinski definition) is 0. The van der Waals surface area contributed by atoms with Gasteiger partial charge in [0, 0.05) is 13.1 Å². The van der Waals surface area contributed by atoms with Crippen molar-refractivity contribution in [1.29, 1.82) is 0 Å². The van der Waals surface area contributed by atoms with Gasteiger partial charge in [-0.15, -0.1) is 0 Å². The van der Waals surface area contributed by atoms with Crippen LogP contribution < -0.4 is 4.74 Å². The van der Waals surface area contributed by atoms with Gasteiger partial charge in [0.1, 0.15) is 10.6 Å². The largest absolute Gasteiger partial charge is 0.495 e. The summed E-state index contributed by atoms with van der Waals surface area (Å²) in [6.07, 6.45) is 0. The smallest absolute Gasteiger partial charge is 0.247 e. The van der Waals surface area contributed by atoms with Crippen LogP contribution in [0.4, 0.5) is 0 Å². The summed E-state index contributed by atoms with van der Waals surface area (Å²) in [5, 5.41) is 0. The quantitative estimate of drug-likeness (QED) is 0.513. The molecule has 0 radical (unpaired) electrons. The van der Waals surface area contributed by atoms with E-state index in [0.29, 0.717) is 5.75 Å². The van der Waals surface area contributed by atoms with Crippen molar-refractivity contribution in [2.75, 3.05) is 7.11 Å². The topological polar surface area (TPSA) is 46.6 Å². The molecule has 3 aromatic carbocycles. The zero-order valence-corrected chi connectivity index (χ0v) is 17.9. The molecule has 3 rings (SSSR count). The first kappa shape index (κ1) is 21.1. The van der Waals surface area contributed by atoms with Crippen molar-refractivity contribution in [3.8, 4) is 5.75 Å². The molecule has 0 unspecified atom stereocenters. The Labute approximate surface area is 173 Å². The van der Waals surface area contributed by atoms with Crippen molar-refractivity contribution in [2.24, 2.45) is 0 Å². The molecule has 0 fully saturated rings. The molecule has 0 amide bonds. The lowest BCUT2D eigenvalue weighted by molar-refractivity contribution is 0.382. The molecule has 5 heteroatoms. The summed E-state index contributed by atoms with van der Waals surface area (Å²) in [4.78, 5) is 0.207. The summed E-state index contributed by atoms with van der Waals surface area (Å²) in [5.74, 6) is 0.576. The van der Waals surface area contributed by atoms with Crippen LogP contribution in [-0.4, -0.2) is 19.8 Å². The highest BCUT2D eigenvalue weighted by atomic mass is 32.2. The Balaban J connectivity index is 2.06. The molecular formula is C24H27NO3S. The van der Waals surface area contributed by atoms with Crippen LogP contribution in [0.5, 0.6) is 5.75 Å². The molecule has 3 aromatic rings. The van der Waals surface area contributed by atoms with Gasteiger partial charge in [0.15, 0.2) is 0 Å². The summed E-state index contributed by atoms with van der Waals surface area (Å²) in [5.41, 5.74) is 2.83. The predicted octanol–water partition coefficient (Wildman–Crippen LogP) is 5.21. The summed E-state index contributed by atoms with van der Waals surface area (Å²) < 4.78 is 34.4. The van der Waals surface area contributed by atoms with Crippen LogP contribution in [0.1, 0.15) is 36.5 Å². The molecule has 0 aromatic heterocycles. The molecule has 0 heterocycles. The van der Waals surface area contributed by atoms with Gasteiger partial charge < -0.3 is 4.74 Å². The second-order valence-corrected chi connectivity index (χ2v) is 9.22. The molecule has 0 atom stereocenters. The van der Waals surface area contributed by atoms with Gasteiger partial charge in [0.05, 0.1) is 7.11 Å². The van der Waals surface area contributed by atoms with E-state index < -0.39 is 10.0 Å². The van der Waals surface area contributed by atoms with Crippen molar-refractivity contribution >= 4 is 10.0 Å². The first-order valence-electron chi connectivity index (χ1n) is 9.67. The van der Waals surface area contributed by atoms with Gasteiger partial charge >= 0.3 is 0 Å². The van der Waals surface area contributed by atoms with Crippen LogP contribution >= 0.6 is 0 Å². The second kappa shape index (κ2) is 9.25. The van der Waals surface area contributed by atoms with Gasteiger partial charge in [-0.2, -0.15) is 4.31 Å². The van der Waals surface area contributed by atoms with E-state index >= 15 is 0 Å². The molecule has 0 spiro atoms. The van der Waals surface area contributed by atoms with Crippen LogP contribution in [0.2, 0.25) is 0 Å². The Morgan fingerprint density at radius 2 is 1.34 bits per heavy atom. The fourth-order valence-corrected chi connectivity index (χ4v) is 4.80. The van der Waals surface area contributed by atoms with E-state index in [4.69, 9.17) is 4.74 Å². The van der Waals surface area contributed by atoms with Crippen LogP contribution in [0.25, 0.3) is 0 Å². The highest BCUT2D eigenvalue weighted by molar-refractivity contribution is 7.89. The van der Waals surface area contributed by atoms with E-state index in [1.165, 1.54) is 11.4 Å². The summed E-state index contributed by atoms with van der Waals surface area (Å²) in [7, 11) is -2.29. The Hall–Kier alpha value is -2.63. The van der Waals surface area contributed by atoms with E-state index in [-0.39, 0.29) is 23.9 Å². The first-order valence-corrected chi connectivity index (χ1v) is 11.1. The minimum Gasteiger partial charge on any atom is -0.495 e. The number of hydrogen-bond acceptors (Lipinski definition) is 3. The fraction of sp³-hybridized carbons (Fsp3) is 0.250. The van der Waals surface area contributed by atoms with Gasteiger partial charge in [-0.1, -0.05) is 80.6 Å². The van der Waals surface area contributed by atoms with Gasteiger partial charge in [0.2, 0.25) is 10.0 Å². The molecule has 0 aliphatic carbocycles. The van der Waals surface area contributed by atoms with Gasteiger partial charge in [-0.3, -0.25) is 0 Å². The maximum atomic E-state index is 13.7. The molecule has 29 heavy (non-hydrogen) atoms. The summed E-state index contributed by atoms with van der Waals surface area (Å²) >= 11 is 0. The molecule has 152 valence electrons. The lowest BCUT2D eigenvalue weighted by Gasteiger charge is -2.24. The SMILES string of the molecule is COc1ccc(C(C)C)cc1S(=O)(=O)N(Cc1ccccc1)Cc1ccccc1. The molecule has 0 aliphatic heterocycles. The normalized spacial score (nSPS) is 11.8. The minimum atomic E-state index is -3.79. The fourth-order valence-electron chi connectivity index (χ4n) is 3.19. The molecule has 0 bridgehead atoms. The highest BCUT2D eigenvalue weighted by Crippen LogP contribution is 2.31.